The molecular weight excluding hydrogens is 455 g/mol. The predicted octanol–water partition coefficient (Wildman–Crippen LogP) is 7.43. The molecule has 0 N–H and O–H groups in total. The van der Waals surface area contributed by atoms with Crippen LogP contribution in [-0.2, 0) is 24.6 Å². The molecule has 1 aromatic carbocycles. The van der Waals surface area contributed by atoms with Crippen LogP contribution in [0, 0.1) is 11.8 Å². The lowest BCUT2D eigenvalue weighted by Gasteiger charge is -2.46. The molecule has 1 fully saturated rings. The van der Waals surface area contributed by atoms with Gasteiger partial charge in [0.05, 0.1) is 11.2 Å². The minimum atomic E-state index is -1.98. The van der Waals surface area contributed by atoms with Gasteiger partial charge in [0, 0.05) is 14.2 Å². The van der Waals surface area contributed by atoms with Crippen molar-refractivity contribution in [1.29, 1.82) is 0 Å². The Labute approximate surface area is 212 Å². The number of hydrogen-bond acceptors (Lipinski definition) is 4. The maximum absolute atomic E-state index is 6.40. The van der Waals surface area contributed by atoms with Gasteiger partial charge in [0.2, 0.25) is 0 Å². The molecule has 4 atom stereocenters. The average Bonchev–Trinajstić information content (AvgIpc) is 2.94. The maximum Gasteiger partial charge on any atom is 0.458 e. The summed E-state index contributed by atoms with van der Waals surface area (Å²) >= 11 is 0. The topological polar surface area (TPSA) is 36.9 Å². The van der Waals surface area contributed by atoms with E-state index in [1.807, 2.05) is 14.2 Å². The smallest absolute Gasteiger partial charge is 0.420 e. The molecule has 1 aliphatic rings. The van der Waals surface area contributed by atoms with Crippen molar-refractivity contribution in [2.24, 2.45) is 11.8 Å². The Bertz CT molecular complexity index is 753. The van der Waals surface area contributed by atoms with E-state index in [1.165, 1.54) is 5.56 Å². The van der Waals surface area contributed by atoms with Gasteiger partial charge in [0.1, 0.15) is 0 Å². The molecule has 0 radical (unpaired) electrons. The van der Waals surface area contributed by atoms with Crippen LogP contribution in [0.25, 0.3) is 0 Å². The van der Waals surface area contributed by atoms with Gasteiger partial charge in [0.15, 0.2) is 16.6 Å². The Morgan fingerprint density at radius 1 is 0.853 bits per heavy atom. The third-order valence-electron chi connectivity index (χ3n) is 9.02. The molecule has 0 unspecified atom stereocenters. The monoisotopic (exact) mass is 506 g/mol. The number of aryl methyl sites for hydroxylation is 1. The zero-order valence-electron chi connectivity index (χ0n) is 24.0. The Morgan fingerprint density at radius 2 is 1.35 bits per heavy atom. The molecule has 0 spiro atoms. The summed E-state index contributed by atoms with van der Waals surface area (Å²) in [6.07, 6.45) is 3.12. The van der Waals surface area contributed by atoms with Crippen LogP contribution in [-0.4, -0.2) is 49.2 Å². The lowest BCUT2D eigenvalue weighted by molar-refractivity contribution is 0.00578. The van der Waals surface area contributed by atoms with Gasteiger partial charge in [-0.25, -0.2) is 0 Å². The van der Waals surface area contributed by atoms with Gasteiger partial charge in [-0.3, -0.25) is 0 Å². The molecule has 0 aromatic heterocycles. The summed E-state index contributed by atoms with van der Waals surface area (Å²) in [7, 11) is -0.247. The van der Waals surface area contributed by atoms with Gasteiger partial charge in [-0.05, 0) is 102 Å². The molecular formula is C27H51BO4Si2. The summed E-state index contributed by atoms with van der Waals surface area (Å²) in [5, 5.41) is 0. The number of rotatable bonds is 12. The first-order valence-corrected chi connectivity index (χ1v) is 19.0. The summed E-state index contributed by atoms with van der Waals surface area (Å²) in [6.45, 7) is 22.9. The average molecular weight is 507 g/mol. The molecule has 0 amide bonds. The third kappa shape index (κ3) is 6.86. The normalized spacial score (nSPS) is 21.8. The summed E-state index contributed by atoms with van der Waals surface area (Å²) in [5.74, 6) is 0.913. The van der Waals surface area contributed by atoms with Crippen molar-refractivity contribution in [2.45, 2.75) is 109 Å². The number of benzene rings is 1. The van der Waals surface area contributed by atoms with Crippen LogP contribution < -0.4 is 0 Å². The second kappa shape index (κ2) is 11.3. The predicted molar refractivity (Wildman–Crippen MR) is 150 cm³/mol. The van der Waals surface area contributed by atoms with Gasteiger partial charge < -0.3 is 18.2 Å². The second-order valence-corrected chi connectivity index (χ2v) is 21.2. The largest absolute Gasteiger partial charge is 0.458 e. The molecule has 194 valence electrons. The SMILES string of the molecule is CO[Si](C)(C)[C@H]([C@H](C)[C@@H](CCc1ccccc1)[Si](C)(C)OC)[C@@H](C)CB1OC(C)(C)C(C)(C)O1. The zero-order chi connectivity index (χ0) is 25.9. The molecule has 0 saturated carbocycles. The summed E-state index contributed by atoms with van der Waals surface area (Å²) < 4.78 is 25.3. The van der Waals surface area contributed by atoms with Gasteiger partial charge >= 0.3 is 7.12 Å². The molecule has 34 heavy (non-hydrogen) atoms. The fraction of sp³-hybridized carbons (Fsp3) is 0.778. The minimum absolute atomic E-state index is 0.174. The Hall–Kier alpha value is -0.441. The fourth-order valence-electron chi connectivity index (χ4n) is 6.10. The summed E-state index contributed by atoms with van der Waals surface area (Å²) in [6, 6.07) is 10.9. The van der Waals surface area contributed by atoms with Crippen molar-refractivity contribution >= 4 is 23.8 Å². The summed E-state index contributed by atoms with van der Waals surface area (Å²) in [5.41, 5.74) is 1.82. The standard InChI is InChI=1S/C27H51BO4Si2/c1-21(20-28-31-26(3,4)27(5,6)32-28)25(34(11,12)30-8)22(2)24(33(9,10)29-7)19-18-23-16-14-13-15-17-23/h13-17,21-22,24-25H,18-20H2,1-12H3/t21-,22+,24+,25-/m0/s1. The van der Waals surface area contributed by atoms with Gasteiger partial charge in [0.25, 0.3) is 0 Å². The first-order valence-electron chi connectivity index (χ1n) is 13.1. The molecule has 1 aliphatic heterocycles. The van der Waals surface area contributed by atoms with Gasteiger partial charge in [-0.2, -0.15) is 0 Å². The van der Waals surface area contributed by atoms with E-state index >= 15 is 0 Å². The van der Waals surface area contributed by atoms with Crippen LogP contribution in [0.3, 0.4) is 0 Å². The highest BCUT2D eigenvalue weighted by Gasteiger charge is 2.53. The van der Waals surface area contributed by atoms with E-state index in [0.717, 1.165) is 19.2 Å². The van der Waals surface area contributed by atoms with E-state index in [2.05, 4.69) is 98.1 Å². The van der Waals surface area contributed by atoms with E-state index < -0.39 is 16.6 Å². The van der Waals surface area contributed by atoms with E-state index in [0.29, 0.717) is 22.9 Å². The van der Waals surface area contributed by atoms with Crippen molar-refractivity contribution in [2.75, 3.05) is 14.2 Å². The Morgan fingerprint density at radius 3 is 1.82 bits per heavy atom. The first-order chi connectivity index (χ1) is 15.6. The lowest BCUT2D eigenvalue weighted by Crippen LogP contribution is -2.48. The molecule has 1 heterocycles. The van der Waals surface area contributed by atoms with Gasteiger partial charge in [-0.15, -0.1) is 0 Å². The quantitative estimate of drug-likeness (QED) is 0.276. The van der Waals surface area contributed by atoms with Crippen LogP contribution >= 0.6 is 0 Å². The van der Waals surface area contributed by atoms with Crippen molar-refractivity contribution in [3.8, 4) is 0 Å². The molecule has 7 heteroatoms. The van der Waals surface area contributed by atoms with Crippen LogP contribution in [0.15, 0.2) is 30.3 Å². The van der Waals surface area contributed by atoms with Crippen LogP contribution in [0.4, 0.5) is 0 Å². The molecule has 1 aromatic rings. The maximum atomic E-state index is 6.40. The lowest BCUT2D eigenvalue weighted by atomic mass is 9.74. The van der Waals surface area contributed by atoms with E-state index in [1.54, 1.807) is 0 Å². The molecule has 1 saturated heterocycles. The fourth-order valence-corrected chi connectivity index (χ4v) is 12.2. The zero-order valence-corrected chi connectivity index (χ0v) is 26.0. The highest BCUT2D eigenvalue weighted by Crippen LogP contribution is 2.50. The van der Waals surface area contributed by atoms with Crippen molar-refractivity contribution in [1.82, 2.24) is 0 Å². The van der Waals surface area contributed by atoms with Crippen molar-refractivity contribution < 1.29 is 18.2 Å². The van der Waals surface area contributed by atoms with Crippen LogP contribution in [0.2, 0.25) is 43.6 Å². The van der Waals surface area contributed by atoms with E-state index in [-0.39, 0.29) is 18.3 Å². The highest BCUT2D eigenvalue weighted by molar-refractivity contribution is 6.74. The first kappa shape index (κ1) is 29.8. The Balaban J connectivity index is 2.30. The second-order valence-electron chi connectivity index (χ2n) is 12.5. The molecule has 2 rings (SSSR count). The van der Waals surface area contributed by atoms with Crippen molar-refractivity contribution in [3.63, 3.8) is 0 Å². The summed E-state index contributed by atoms with van der Waals surface area (Å²) in [4.78, 5) is 0. The highest BCUT2D eigenvalue weighted by atomic mass is 28.4. The Kier molecular flexibility index (Phi) is 9.90. The number of hydrogen-bond donors (Lipinski definition) is 0. The molecule has 0 aliphatic carbocycles. The van der Waals surface area contributed by atoms with Crippen LogP contribution in [0.5, 0.6) is 0 Å². The third-order valence-corrected chi connectivity index (χ3v) is 16.4. The van der Waals surface area contributed by atoms with E-state index in [9.17, 15) is 0 Å². The minimum Gasteiger partial charge on any atom is -0.420 e. The van der Waals surface area contributed by atoms with Gasteiger partial charge in [-0.1, -0.05) is 44.2 Å². The molecule has 0 bridgehead atoms. The molecule has 4 nitrogen and oxygen atoms in total. The van der Waals surface area contributed by atoms with Crippen LogP contribution in [0.1, 0.15) is 53.5 Å². The van der Waals surface area contributed by atoms with E-state index in [4.69, 9.17) is 18.2 Å². The van der Waals surface area contributed by atoms with Crippen molar-refractivity contribution in [3.05, 3.63) is 35.9 Å².